The van der Waals surface area contributed by atoms with E-state index in [4.69, 9.17) is 0 Å². The molecule has 1 aromatic carbocycles. The van der Waals surface area contributed by atoms with Gasteiger partial charge in [-0.25, -0.2) is 0 Å². The number of hydrogen-bond acceptors (Lipinski definition) is 4. The molecule has 0 unspecified atom stereocenters. The highest BCUT2D eigenvalue weighted by Crippen LogP contribution is 2.32. The van der Waals surface area contributed by atoms with Crippen LogP contribution in [0.1, 0.15) is 24.3 Å². The molecule has 2 rings (SSSR count). The van der Waals surface area contributed by atoms with Gasteiger partial charge in [0.05, 0.1) is 11.5 Å². The third-order valence-electron chi connectivity index (χ3n) is 3.23. The van der Waals surface area contributed by atoms with Gasteiger partial charge in [0.25, 0.3) is 5.69 Å². The molecule has 0 radical (unpaired) electrons. The minimum atomic E-state index is -0.300. The predicted molar refractivity (Wildman–Crippen MR) is 91.4 cm³/mol. The topological polar surface area (TPSA) is 46.4 Å². The first-order valence-electron chi connectivity index (χ1n) is 6.65. The van der Waals surface area contributed by atoms with E-state index in [1.807, 2.05) is 23.6 Å². The molecule has 0 fully saturated rings. The highest BCUT2D eigenvalue weighted by Gasteiger charge is 2.22. The fourth-order valence-electron chi connectivity index (χ4n) is 2.16. The molecule has 1 heterocycles. The Labute approximate surface area is 136 Å². The van der Waals surface area contributed by atoms with Gasteiger partial charge in [-0.15, -0.1) is 11.3 Å². The number of rotatable bonds is 6. The predicted octanol–water partition coefficient (Wildman–Crippen LogP) is 4.97. The summed E-state index contributed by atoms with van der Waals surface area (Å²) in [6.07, 6.45) is 0. The minimum absolute atomic E-state index is 0.164. The number of anilines is 1. The van der Waals surface area contributed by atoms with Gasteiger partial charge < -0.3 is 4.90 Å². The maximum Gasteiger partial charge on any atom is 0.292 e. The second-order valence-electron chi connectivity index (χ2n) is 5.01. The molecule has 0 spiro atoms. The van der Waals surface area contributed by atoms with Crippen molar-refractivity contribution in [1.29, 1.82) is 0 Å². The molecule has 0 aliphatic heterocycles. The highest BCUT2D eigenvalue weighted by molar-refractivity contribution is 9.08. The summed E-state index contributed by atoms with van der Waals surface area (Å²) < 4.78 is 0. The quantitative estimate of drug-likeness (QED) is 0.410. The Bertz CT molecular complexity index is 614. The van der Waals surface area contributed by atoms with Crippen LogP contribution < -0.4 is 4.90 Å². The van der Waals surface area contributed by atoms with E-state index in [0.29, 0.717) is 17.6 Å². The van der Waals surface area contributed by atoms with Crippen LogP contribution in [0.4, 0.5) is 11.4 Å². The van der Waals surface area contributed by atoms with Crippen molar-refractivity contribution in [1.82, 2.24) is 0 Å². The van der Waals surface area contributed by atoms with Crippen LogP contribution in [0.2, 0.25) is 0 Å². The number of hydrogen-bond donors (Lipinski definition) is 0. The monoisotopic (exact) mass is 368 g/mol. The number of nitrogens with zero attached hydrogens (tertiary/aromatic N) is 2. The summed E-state index contributed by atoms with van der Waals surface area (Å²) in [6, 6.07) is 9.66. The van der Waals surface area contributed by atoms with E-state index in [2.05, 4.69) is 40.7 Å². The van der Waals surface area contributed by atoms with Crippen molar-refractivity contribution in [3.8, 4) is 0 Å². The van der Waals surface area contributed by atoms with Gasteiger partial charge in [0.2, 0.25) is 0 Å². The second-order valence-corrected chi connectivity index (χ2v) is 6.61. The molecule has 0 bridgehead atoms. The Balaban J connectivity index is 2.42. The van der Waals surface area contributed by atoms with E-state index in [9.17, 15) is 10.1 Å². The number of nitro groups is 1. The number of nitro benzene ring substituents is 1. The Morgan fingerprint density at radius 3 is 2.67 bits per heavy atom. The maximum atomic E-state index is 11.4. The van der Waals surface area contributed by atoms with E-state index in [1.54, 1.807) is 17.4 Å². The highest BCUT2D eigenvalue weighted by atomic mass is 79.9. The molecule has 0 aliphatic carbocycles. The molecule has 6 heteroatoms. The fraction of sp³-hybridized carbons (Fsp3) is 0.333. The molecule has 0 amide bonds. The standard InChI is InChI=1S/C15H17BrN2O2S/c1-11(2)17(10-13-4-3-7-21-13)14-6-5-12(9-16)8-15(14)18(19)20/h3-8,11H,9-10H2,1-2H3. The van der Waals surface area contributed by atoms with Gasteiger partial charge >= 0.3 is 0 Å². The van der Waals surface area contributed by atoms with Crippen LogP contribution >= 0.6 is 27.3 Å². The van der Waals surface area contributed by atoms with E-state index < -0.39 is 0 Å². The van der Waals surface area contributed by atoms with Gasteiger partial charge in [-0.2, -0.15) is 0 Å². The average molecular weight is 369 g/mol. The average Bonchev–Trinajstić information content (AvgIpc) is 2.97. The summed E-state index contributed by atoms with van der Waals surface area (Å²) in [5.41, 5.74) is 1.75. The zero-order valence-electron chi connectivity index (χ0n) is 12.0. The molecule has 1 aromatic heterocycles. The van der Waals surface area contributed by atoms with Crippen LogP contribution in [0.5, 0.6) is 0 Å². The van der Waals surface area contributed by atoms with Crippen molar-refractivity contribution < 1.29 is 4.92 Å². The lowest BCUT2D eigenvalue weighted by molar-refractivity contribution is -0.384. The van der Waals surface area contributed by atoms with Crippen LogP contribution in [0.15, 0.2) is 35.7 Å². The van der Waals surface area contributed by atoms with Crippen LogP contribution in [0.3, 0.4) is 0 Å². The summed E-state index contributed by atoms with van der Waals surface area (Å²) in [7, 11) is 0. The largest absolute Gasteiger partial charge is 0.358 e. The molecule has 0 saturated heterocycles. The van der Waals surface area contributed by atoms with Crippen molar-refractivity contribution in [2.75, 3.05) is 4.90 Å². The lowest BCUT2D eigenvalue weighted by atomic mass is 10.1. The summed E-state index contributed by atoms with van der Waals surface area (Å²) in [5.74, 6) is 0. The molecule has 0 N–H and O–H groups in total. The second kappa shape index (κ2) is 7.04. The van der Waals surface area contributed by atoms with Gasteiger partial charge in [0.15, 0.2) is 0 Å². The molecule has 21 heavy (non-hydrogen) atoms. The molecule has 2 aromatic rings. The SMILES string of the molecule is CC(C)N(Cc1cccs1)c1ccc(CBr)cc1[N+](=O)[O-]. The lowest BCUT2D eigenvalue weighted by Gasteiger charge is -2.28. The summed E-state index contributed by atoms with van der Waals surface area (Å²) in [6.45, 7) is 4.79. The molecule has 4 nitrogen and oxygen atoms in total. The van der Waals surface area contributed by atoms with Gasteiger partial charge in [-0.05, 0) is 36.9 Å². The van der Waals surface area contributed by atoms with E-state index in [1.165, 1.54) is 4.88 Å². The molecule has 0 aliphatic rings. The molecule has 112 valence electrons. The number of alkyl halides is 1. The summed E-state index contributed by atoms with van der Waals surface area (Å²) in [4.78, 5) is 14.4. The Morgan fingerprint density at radius 2 is 2.14 bits per heavy atom. The van der Waals surface area contributed by atoms with Crippen molar-refractivity contribution in [2.45, 2.75) is 31.8 Å². The summed E-state index contributed by atoms with van der Waals surface area (Å²) >= 11 is 5.01. The van der Waals surface area contributed by atoms with E-state index in [0.717, 1.165) is 5.56 Å². The van der Waals surface area contributed by atoms with Crippen LogP contribution in [-0.2, 0) is 11.9 Å². The normalized spacial score (nSPS) is 10.9. The maximum absolute atomic E-state index is 11.4. The molecule has 0 saturated carbocycles. The van der Waals surface area contributed by atoms with Crippen molar-refractivity contribution in [3.05, 3.63) is 56.3 Å². The molecular formula is C15H17BrN2O2S. The third-order valence-corrected chi connectivity index (χ3v) is 4.74. The van der Waals surface area contributed by atoms with Crippen LogP contribution in [-0.4, -0.2) is 11.0 Å². The number of benzene rings is 1. The Hall–Kier alpha value is -1.40. The van der Waals surface area contributed by atoms with E-state index in [-0.39, 0.29) is 16.7 Å². The van der Waals surface area contributed by atoms with Crippen LogP contribution in [0.25, 0.3) is 0 Å². The lowest BCUT2D eigenvalue weighted by Crippen LogP contribution is -2.30. The minimum Gasteiger partial charge on any atom is -0.358 e. The molecule has 0 atom stereocenters. The first kappa shape index (κ1) is 16.0. The van der Waals surface area contributed by atoms with E-state index >= 15 is 0 Å². The van der Waals surface area contributed by atoms with Gasteiger partial charge in [-0.1, -0.05) is 28.1 Å². The first-order chi connectivity index (χ1) is 10.0. The van der Waals surface area contributed by atoms with Gasteiger partial charge in [0, 0.05) is 22.3 Å². The zero-order valence-corrected chi connectivity index (χ0v) is 14.4. The fourth-order valence-corrected chi connectivity index (χ4v) is 3.21. The summed E-state index contributed by atoms with van der Waals surface area (Å²) in [5, 5.41) is 14.0. The Kier molecular flexibility index (Phi) is 5.36. The van der Waals surface area contributed by atoms with Crippen molar-refractivity contribution >= 4 is 38.6 Å². The number of halogens is 1. The van der Waals surface area contributed by atoms with Gasteiger partial charge in [0.1, 0.15) is 5.69 Å². The molecular weight excluding hydrogens is 352 g/mol. The first-order valence-corrected chi connectivity index (χ1v) is 8.65. The van der Waals surface area contributed by atoms with Gasteiger partial charge in [-0.3, -0.25) is 10.1 Å². The van der Waals surface area contributed by atoms with Crippen molar-refractivity contribution in [2.24, 2.45) is 0 Å². The third kappa shape index (κ3) is 3.83. The zero-order chi connectivity index (χ0) is 15.4. The van der Waals surface area contributed by atoms with Crippen molar-refractivity contribution in [3.63, 3.8) is 0 Å². The number of thiophene rings is 1. The van der Waals surface area contributed by atoms with Crippen LogP contribution in [0, 0.1) is 10.1 Å². The Morgan fingerprint density at radius 1 is 1.38 bits per heavy atom. The smallest absolute Gasteiger partial charge is 0.292 e.